The molecule has 1 amide bonds. The number of piperidine rings is 2. The lowest BCUT2D eigenvalue weighted by Gasteiger charge is -2.41. The molecule has 0 bridgehead atoms. The zero-order valence-corrected chi connectivity index (χ0v) is 21.7. The minimum atomic E-state index is -0.411. The van der Waals surface area contributed by atoms with Crippen molar-refractivity contribution in [3.63, 3.8) is 0 Å². The summed E-state index contributed by atoms with van der Waals surface area (Å²) in [6, 6.07) is 8.36. The highest BCUT2D eigenvalue weighted by Gasteiger charge is 2.29. The largest absolute Gasteiger partial charge is 0.493 e. The molecule has 2 aliphatic heterocycles. The number of nitrogens with one attached hydrogen (secondary N) is 2. The number of aliphatic hydroxyl groups is 1. The molecule has 1 saturated carbocycles. The Kier molecular flexibility index (Phi) is 8.03. The van der Waals surface area contributed by atoms with Crippen LogP contribution in [-0.4, -0.2) is 83.5 Å². The van der Waals surface area contributed by atoms with Crippen molar-refractivity contribution < 1.29 is 19.4 Å². The number of benzene rings is 1. The molecule has 8 nitrogen and oxygen atoms in total. The van der Waals surface area contributed by atoms with Crippen LogP contribution in [0.1, 0.15) is 52.4 Å². The molecule has 3 N–H and O–H groups in total. The van der Waals surface area contributed by atoms with Gasteiger partial charge in [0.25, 0.3) is 0 Å². The number of fused-ring (bicyclic) bond motifs is 1. The lowest BCUT2D eigenvalue weighted by molar-refractivity contribution is 0.0116. The molecule has 0 unspecified atom stereocenters. The van der Waals surface area contributed by atoms with Gasteiger partial charge in [-0.05, 0) is 63.0 Å². The van der Waals surface area contributed by atoms with E-state index < -0.39 is 6.09 Å². The average Bonchev–Trinajstić information content (AvgIpc) is 3.24. The number of likely N-dealkylation sites (tertiary alicyclic amines) is 2. The number of aromatic nitrogens is 1. The molecule has 0 spiro atoms. The van der Waals surface area contributed by atoms with E-state index >= 15 is 0 Å². The molecule has 198 valence electrons. The Balaban J connectivity index is 1.06. The van der Waals surface area contributed by atoms with Gasteiger partial charge in [0.1, 0.15) is 5.75 Å². The van der Waals surface area contributed by atoms with Crippen molar-refractivity contribution in [2.75, 3.05) is 39.3 Å². The van der Waals surface area contributed by atoms with Gasteiger partial charge >= 0.3 is 6.09 Å². The van der Waals surface area contributed by atoms with Crippen LogP contribution in [0.15, 0.2) is 24.3 Å². The number of carbonyl (C=O) groups excluding carboxylic acids is 1. The minimum Gasteiger partial charge on any atom is -0.493 e. The van der Waals surface area contributed by atoms with E-state index in [4.69, 9.17) is 9.47 Å². The van der Waals surface area contributed by atoms with Gasteiger partial charge in [0, 0.05) is 56.3 Å². The molecule has 3 fully saturated rings. The Morgan fingerprint density at radius 2 is 2.00 bits per heavy atom. The number of aliphatic hydroxyl groups excluding tert-OH is 1. The lowest BCUT2D eigenvalue weighted by Crippen LogP contribution is -2.52. The molecular formula is C28H42N4O4. The molecule has 36 heavy (non-hydrogen) atoms. The van der Waals surface area contributed by atoms with Gasteiger partial charge in [-0.3, -0.25) is 4.90 Å². The predicted molar refractivity (Wildman–Crippen MR) is 141 cm³/mol. The number of carbonyl (C=O) groups is 1. The fraction of sp³-hybridized carbons (Fsp3) is 0.679. The van der Waals surface area contributed by atoms with E-state index in [1.54, 1.807) is 0 Å². The molecule has 3 heterocycles. The third-order valence-electron chi connectivity index (χ3n) is 8.45. The van der Waals surface area contributed by atoms with Gasteiger partial charge < -0.3 is 29.8 Å². The molecule has 2 aromatic rings. The van der Waals surface area contributed by atoms with Crippen molar-refractivity contribution in [2.24, 2.45) is 11.8 Å². The maximum atomic E-state index is 12.6. The van der Waals surface area contributed by atoms with Gasteiger partial charge in [-0.15, -0.1) is 0 Å². The maximum absolute atomic E-state index is 12.6. The monoisotopic (exact) mass is 498 g/mol. The standard InChI is InChI=1S/C28H42N4O4/c1-19-16-32(14-11-25(19)33)20(2)17-31-12-9-22(10-13-31)29-28(34)36-27-15-23-24(30-27)7-4-8-26(23)35-18-21-5-3-6-21/h4,7-8,15,19-22,25,30,33H,3,5-6,9-14,16-18H2,1-2H3,(H,29,34)/t19-,20-,25-/m0/s1. The SMILES string of the molecule is C[C@H]1CN([C@@H](C)CN2CCC(NC(=O)Oc3cc4c(OCC5CCC5)cccc4[nH]3)CC2)CC[C@@H]1O. The van der Waals surface area contributed by atoms with E-state index in [1.807, 2.05) is 24.3 Å². The molecular weight excluding hydrogens is 456 g/mol. The third-order valence-corrected chi connectivity index (χ3v) is 8.45. The van der Waals surface area contributed by atoms with Crippen molar-refractivity contribution in [1.29, 1.82) is 0 Å². The Morgan fingerprint density at radius 1 is 1.19 bits per heavy atom. The van der Waals surface area contributed by atoms with E-state index in [2.05, 4.69) is 33.9 Å². The number of ether oxygens (including phenoxy) is 2. The number of hydrogen-bond acceptors (Lipinski definition) is 6. The molecule has 1 aromatic heterocycles. The summed E-state index contributed by atoms with van der Waals surface area (Å²) in [5.74, 6) is 2.28. The highest BCUT2D eigenvalue weighted by Crippen LogP contribution is 2.32. The summed E-state index contributed by atoms with van der Waals surface area (Å²) in [5, 5.41) is 14.0. The van der Waals surface area contributed by atoms with Crippen LogP contribution < -0.4 is 14.8 Å². The number of amides is 1. The Labute approximate surface area is 214 Å². The second kappa shape index (κ2) is 11.4. The second-order valence-electron chi connectivity index (χ2n) is 11.2. The van der Waals surface area contributed by atoms with Crippen molar-refractivity contribution in [1.82, 2.24) is 20.1 Å². The second-order valence-corrected chi connectivity index (χ2v) is 11.2. The first-order valence-corrected chi connectivity index (χ1v) is 13.8. The van der Waals surface area contributed by atoms with Crippen LogP contribution in [0.4, 0.5) is 4.79 Å². The van der Waals surface area contributed by atoms with Gasteiger partial charge in [-0.1, -0.05) is 19.4 Å². The predicted octanol–water partition coefficient (Wildman–Crippen LogP) is 3.99. The summed E-state index contributed by atoms with van der Waals surface area (Å²) in [6.45, 7) is 10.1. The van der Waals surface area contributed by atoms with Crippen molar-refractivity contribution in [3.05, 3.63) is 24.3 Å². The molecule has 5 rings (SSSR count). The Bertz CT molecular complexity index is 1010. The first-order valence-electron chi connectivity index (χ1n) is 13.8. The fourth-order valence-corrected chi connectivity index (χ4v) is 5.76. The van der Waals surface area contributed by atoms with E-state index in [9.17, 15) is 9.90 Å². The van der Waals surface area contributed by atoms with Crippen molar-refractivity contribution >= 4 is 17.0 Å². The minimum absolute atomic E-state index is 0.125. The molecule has 8 heteroatoms. The summed E-state index contributed by atoms with van der Waals surface area (Å²) in [7, 11) is 0. The van der Waals surface area contributed by atoms with E-state index in [0.717, 1.165) is 75.2 Å². The third kappa shape index (κ3) is 6.15. The molecule has 3 aliphatic rings. The number of rotatable bonds is 8. The summed E-state index contributed by atoms with van der Waals surface area (Å²) in [6.07, 6.45) is 5.93. The zero-order chi connectivity index (χ0) is 25.1. The first-order chi connectivity index (χ1) is 17.4. The zero-order valence-electron chi connectivity index (χ0n) is 21.7. The first kappa shape index (κ1) is 25.4. The summed E-state index contributed by atoms with van der Waals surface area (Å²) < 4.78 is 11.7. The van der Waals surface area contributed by atoms with Crippen LogP contribution in [0, 0.1) is 11.8 Å². The lowest BCUT2D eigenvalue weighted by atomic mass is 9.86. The van der Waals surface area contributed by atoms with Crippen LogP contribution >= 0.6 is 0 Å². The number of aromatic amines is 1. The number of nitrogens with zero attached hydrogens (tertiary/aromatic N) is 2. The normalized spacial score (nSPS) is 25.4. The van der Waals surface area contributed by atoms with Crippen LogP contribution in [0.25, 0.3) is 10.9 Å². The summed E-state index contributed by atoms with van der Waals surface area (Å²) >= 11 is 0. The highest BCUT2D eigenvalue weighted by molar-refractivity contribution is 5.88. The van der Waals surface area contributed by atoms with E-state index in [0.29, 0.717) is 23.8 Å². The van der Waals surface area contributed by atoms with Gasteiger partial charge in [-0.25, -0.2) is 4.79 Å². The Hall–Kier alpha value is -2.29. The van der Waals surface area contributed by atoms with E-state index in [1.165, 1.54) is 19.3 Å². The maximum Gasteiger partial charge on any atom is 0.414 e. The van der Waals surface area contributed by atoms with Crippen LogP contribution in [0.5, 0.6) is 11.6 Å². The van der Waals surface area contributed by atoms with Crippen LogP contribution in [0.2, 0.25) is 0 Å². The van der Waals surface area contributed by atoms with Crippen molar-refractivity contribution in [2.45, 2.75) is 70.6 Å². The van der Waals surface area contributed by atoms with Gasteiger partial charge in [-0.2, -0.15) is 0 Å². The average molecular weight is 499 g/mol. The van der Waals surface area contributed by atoms with Crippen LogP contribution in [0.3, 0.4) is 0 Å². The number of H-pyrrole nitrogens is 1. The van der Waals surface area contributed by atoms with Gasteiger partial charge in [0.2, 0.25) is 5.88 Å². The fourth-order valence-electron chi connectivity index (χ4n) is 5.76. The molecule has 1 aromatic carbocycles. The molecule has 2 saturated heterocycles. The van der Waals surface area contributed by atoms with Gasteiger partial charge in [0.15, 0.2) is 0 Å². The highest BCUT2D eigenvalue weighted by atomic mass is 16.6. The van der Waals surface area contributed by atoms with Gasteiger partial charge in [0.05, 0.1) is 18.2 Å². The smallest absolute Gasteiger partial charge is 0.414 e. The van der Waals surface area contributed by atoms with Crippen LogP contribution in [-0.2, 0) is 0 Å². The van der Waals surface area contributed by atoms with E-state index in [-0.39, 0.29) is 12.1 Å². The summed E-state index contributed by atoms with van der Waals surface area (Å²) in [5.41, 5.74) is 0.906. The topological polar surface area (TPSA) is 90.1 Å². The quantitative estimate of drug-likeness (QED) is 0.510. The Morgan fingerprint density at radius 3 is 2.72 bits per heavy atom. The molecule has 3 atom stereocenters. The summed E-state index contributed by atoms with van der Waals surface area (Å²) in [4.78, 5) is 20.8. The van der Waals surface area contributed by atoms with Crippen molar-refractivity contribution in [3.8, 4) is 11.6 Å². The number of hydrogen-bond donors (Lipinski definition) is 3. The molecule has 0 radical (unpaired) electrons. The molecule has 1 aliphatic carbocycles.